The van der Waals surface area contributed by atoms with Gasteiger partial charge in [-0.05, 0) is 32.9 Å². The third-order valence-corrected chi connectivity index (χ3v) is 3.15. The molecule has 0 fully saturated rings. The highest BCUT2D eigenvalue weighted by atomic mass is 19.1. The number of aromatic nitrogens is 2. The molecule has 5 nitrogen and oxygen atoms in total. The van der Waals surface area contributed by atoms with E-state index in [1.807, 2.05) is 7.05 Å². The van der Waals surface area contributed by atoms with Crippen molar-refractivity contribution in [2.75, 3.05) is 0 Å². The van der Waals surface area contributed by atoms with Crippen LogP contribution in [0.25, 0.3) is 5.57 Å². The fourth-order valence-corrected chi connectivity index (χ4v) is 2.01. The van der Waals surface area contributed by atoms with E-state index < -0.39 is 23.3 Å². The van der Waals surface area contributed by atoms with Gasteiger partial charge in [0.25, 0.3) is 0 Å². The summed E-state index contributed by atoms with van der Waals surface area (Å²) < 4.78 is 21.4. The predicted molar refractivity (Wildman–Crippen MR) is 78.0 cm³/mol. The lowest BCUT2D eigenvalue weighted by molar-refractivity contribution is -0.161. The molecule has 0 saturated heterocycles. The summed E-state index contributed by atoms with van der Waals surface area (Å²) in [4.78, 5) is 16.3. The largest absolute Gasteiger partial charge is 0.458 e. The van der Waals surface area contributed by atoms with E-state index >= 15 is 0 Å². The van der Waals surface area contributed by atoms with Gasteiger partial charge >= 0.3 is 5.97 Å². The number of rotatable bonds is 2. The molecule has 2 unspecified atom stereocenters. The summed E-state index contributed by atoms with van der Waals surface area (Å²) in [6.07, 6.45) is 5.94. The highest BCUT2D eigenvalue weighted by molar-refractivity contribution is 5.88. The number of carbonyl (C=O) groups excluding carboxylic acids is 1. The van der Waals surface area contributed by atoms with Gasteiger partial charge in [-0.15, -0.1) is 0 Å². The SMILES string of the molecule is Cn1ccnc1C1=CC(F)C(N)(C(=O)OC(C)(C)C)C=C1. The van der Waals surface area contributed by atoms with Gasteiger partial charge in [0, 0.05) is 25.0 Å². The summed E-state index contributed by atoms with van der Waals surface area (Å²) in [7, 11) is 1.81. The van der Waals surface area contributed by atoms with Gasteiger partial charge in [-0.25, -0.2) is 14.2 Å². The topological polar surface area (TPSA) is 70.1 Å². The minimum absolute atomic E-state index is 0.583. The van der Waals surface area contributed by atoms with Gasteiger partial charge in [0.1, 0.15) is 11.4 Å². The Morgan fingerprint density at radius 3 is 2.67 bits per heavy atom. The lowest BCUT2D eigenvalue weighted by atomic mass is 9.87. The van der Waals surface area contributed by atoms with Gasteiger partial charge in [0.15, 0.2) is 11.7 Å². The monoisotopic (exact) mass is 293 g/mol. The first kappa shape index (κ1) is 15.4. The third-order valence-electron chi connectivity index (χ3n) is 3.15. The average Bonchev–Trinajstić information content (AvgIpc) is 2.77. The lowest BCUT2D eigenvalue weighted by Crippen LogP contribution is -2.56. The molecule has 0 aliphatic heterocycles. The molecule has 6 heteroatoms. The Kier molecular flexibility index (Phi) is 3.76. The zero-order valence-electron chi connectivity index (χ0n) is 12.6. The molecule has 1 aliphatic carbocycles. The van der Waals surface area contributed by atoms with Crippen molar-refractivity contribution in [3.8, 4) is 0 Å². The number of hydrogen-bond donors (Lipinski definition) is 1. The van der Waals surface area contributed by atoms with Gasteiger partial charge in [-0.1, -0.05) is 6.08 Å². The summed E-state index contributed by atoms with van der Waals surface area (Å²) >= 11 is 0. The Hall–Kier alpha value is -1.95. The Labute approximate surface area is 123 Å². The number of imidazole rings is 1. The van der Waals surface area contributed by atoms with E-state index in [0.29, 0.717) is 11.4 Å². The molecule has 1 heterocycles. The Morgan fingerprint density at radius 1 is 1.52 bits per heavy atom. The van der Waals surface area contributed by atoms with Crippen molar-refractivity contribution in [3.63, 3.8) is 0 Å². The lowest BCUT2D eigenvalue weighted by Gasteiger charge is -2.32. The number of allylic oxidation sites excluding steroid dienone is 2. The number of alkyl halides is 1. The first-order valence-electron chi connectivity index (χ1n) is 6.68. The van der Waals surface area contributed by atoms with E-state index in [-0.39, 0.29) is 0 Å². The number of nitrogens with zero attached hydrogens (tertiary/aromatic N) is 2. The number of nitrogens with two attached hydrogens (primary N) is 1. The van der Waals surface area contributed by atoms with E-state index in [9.17, 15) is 9.18 Å². The summed E-state index contributed by atoms with van der Waals surface area (Å²) in [6.45, 7) is 5.13. The highest BCUT2D eigenvalue weighted by Crippen LogP contribution is 2.29. The van der Waals surface area contributed by atoms with Crippen molar-refractivity contribution in [3.05, 3.63) is 36.4 Å². The van der Waals surface area contributed by atoms with Gasteiger partial charge in [-0.2, -0.15) is 0 Å². The number of ether oxygens (including phenoxy) is 1. The molecule has 0 spiro atoms. The quantitative estimate of drug-likeness (QED) is 0.843. The molecular formula is C15H20FN3O2. The zero-order valence-corrected chi connectivity index (χ0v) is 12.6. The van der Waals surface area contributed by atoms with E-state index in [4.69, 9.17) is 10.5 Å². The molecule has 2 N–H and O–H groups in total. The molecule has 2 rings (SSSR count). The highest BCUT2D eigenvalue weighted by Gasteiger charge is 2.44. The maximum Gasteiger partial charge on any atom is 0.334 e. The second-order valence-corrected chi connectivity index (χ2v) is 6.15. The fourth-order valence-electron chi connectivity index (χ4n) is 2.01. The molecule has 0 aromatic carbocycles. The van der Waals surface area contributed by atoms with Crippen molar-refractivity contribution in [1.29, 1.82) is 0 Å². The molecule has 0 bridgehead atoms. The summed E-state index contributed by atoms with van der Waals surface area (Å²) in [5, 5.41) is 0. The van der Waals surface area contributed by atoms with E-state index in [2.05, 4.69) is 4.98 Å². The molecule has 114 valence electrons. The molecule has 0 amide bonds. The standard InChI is InChI=1S/C15H20FN3O2/c1-14(2,3)21-13(20)15(17)6-5-10(9-11(15)16)12-18-7-8-19(12)4/h5-9,11H,17H2,1-4H3. The zero-order chi connectivity index (χ0) is 15.8. The Bertz CT molecular complexity index is 613. The van der Waals surface area contributed by atoms with Crippen molar-refractivity contribution in [1.82, 2.24) is 9.55 Å². The molecule has 1 aromatic rings. The molecule has 1 aliphatic rings. The van der Waals surface area contributed by atoms with Gasteiger partial charge in [0.05, 0.1) is 0 Å². The van der Waals surface area contributed by atoms with E-state index in [0.717, 1.165) is 0 Å². The molecule has 0 radical (unpaired) electrons. The van der Waals surface area contributed by atoms with Crippen LogP contribution in [0.4, 0.5) is 4.39 Å². The number of hydrogen-bond acceptors (Lipinski definition) is 4. The first-order chi connectivity index (χ1) is 9.63. The minimum Gasteiger partial charge on any atom is -0.458 e. The minimum atomic E-state index is -1.80. The van der Waals surface area contributed by atoms with Gasteiger partial charge < -0.3 is 15.0 Å². The summed E-state index contributed by atoms with van der Waals surface area (Å²) in [5.41, 5.74) is 3.96. The Balaban J connectivity index is 2.25. The summed E-state index contributed by atoms with van der Waals surface area (Å²) in [6, 6.07) is 0. The van der Waals surface area contributed by atoms with E-state index in [1.165, 1.54) is 12.2 Å². The van der Waals surface area contributed by atoms with Crippen LogP contribution in [0.2, 0.25) is 0 Å². The molecule has 2 atom stereocenters. The van der Waals surface area contributed by atoms with Gasteiger partial charge in [0.2, 0.25) is 0 Å². The van der Waals surface area contributed by atoms with Crippen LogP contribution in [0.15, 0.2) is 30.6 Å². The van der Waals surface area contributed by atoms with Crippen LogP contribution in [-0.4, -0.2) is 32.8 Å². The number of carbonyl (C=O) groups is 1. The van der Waals surface area contributed by atoms with Crippen LogP contribution in [-0.2, 0) is 16.6 Å². The molecule has 0 saturated carbocycles. The van der Waals surface area contributed by atoms with Crippen LogP contribution in [0.1, 0.15) is 26.6 Å². The second-order valence-electron chi connectivity index (χ2n) is 6.15. The number of esters is 1. The molecular weight excluding hydrogens is 273 g/mol. The number of halogens is 1. The molecule has 1 aromatic heterocycles. The van der Waals surface area contributed by atoms with Crippen LogP contribution in [0, 0.1) is 0 Å². The normalized spacial score (nSPS) is 25.6. The van der Waals surface area contributed by atoms with Crippen LogP contribution in [0.5, 0.6) is 0 Å². The van der Waals surface area contributed by atoms with Crippen LogP contribution < -0.4 is 5.73 Å². The van der Waals surface area contributed by atoms with Crippen molar-refractivity contribution in [2.45, 2.75) is 38.1 Å². The maximum atomic E-state index is 14.4. The predicted octanol–water partition coefficient (Wildman–Crippen LogP) is 1.75. The van der Waals surface area contributed by atoms with Crippen LogP contribution >= 0.6 is 0 Å². The maximum absolute atomic E-state index is 14.4. The van der Waals surface area contributed by atoms with Gasteiger partial charge in [-0.3, -0.25) is 0 Å². The van der Waals surface area contributed by atoms with Crippen LogP contribution in [0.3, 0.4) is 0 Å². The second kappa shape index (κ2) is 5.11. The fraction of sp³-hybridized carbons (Fsp3) is 0.467. The third kappa shape index (κ3) is 3.05. The van der Waals surface area contributed by atoms with Crippen molar-refractivity contribution >= 4 is 11.5 Å². The smallest absolute Gasteiger partial charge is 0.334 e. The van der Waals surface area contributed by atoms with E-state index in [1.54, 1.807) is 43.8 Å². The van der Waals surface area contributed by atoms with Crippen molar-refractivity contribution < 1.29 is 13.9 Å². The first-order valence-corrected chi connectivity index (χ1v) is 6.68. The Morgan fingerprint density at radius 2 is 2.19 bits per heavy atom. The number of aryl methyl sites for hydroxylation is 1. The average molecular weight is 293 g/mol. The van der Waals surface area contributed by atoms with Crippen molar-refractivity contribution in [2.24, 2.45) is 12.8 Å². The molecule has 21 heavy (non-hydrogen) atoms. The summed E-state index contributed by atoms with van der Waals surface area (Å²) in [5.74, 6) is -0.172.